The van der Waals surface area contributed by atoms with Crippen molar-refractivity contribution < 1.29 is 9.90 Å². The second-order valence-electron chi connectivity index (χ2n) is 1.73. The Kier molecular flexibility index (Phi) is 10.1. The third-order valence-electron chi connectivity index (χ3n) is 0.950. The Bertz CT molecular complexity index is 102. The molecule has 0 bridgehead atoms. The third kappa shape index (κ3) is 6.66. The van der Waals surface area contributed by atoms with Gasteiger partial charge in [0.2, 0.25) is 0 Å². The van der Waals surface area contributed by atoms with E-state index in [0.717, 1.165) is 5.75 Å². The van der Waals surface area contributed by atoms with Gasteiger partial charge in [-0.3, -0.25) is 4.79 Å². The molecule has 3 N–H and O–H groups in total. The van der Waals surface area contributed by atoms with Crippen molar-refractivity contribution in [2.45, 2.75) is 12.5 Å². The lowest BCUT2D eigenvalue weighted by atomic mass is 10.2. The highest BCUT2D eigenvalue weighted by Crippen LogP contribution is 1.97. The average molecular weight is 176 g/mol. The van der Waals surface area contributed by atoms with Crippen molar-refractivity contribution in [2.24, 2.45) is 5.73 Å². The van der Waals surface area contributed by atoms with E-state index in [9.17, 15) is 4.79 Å². The van der Waals surface area contributed by atoms with Gasteiger partial charge in [0.1, 0.15) is 6.04 Å². The molecule has 0 fully saturated rings. The molecule has 0 saturated carbocycles. The van der Waals surface area contributed by atoms with E-state index in [4.69, 9.17) is 10.8 Å². The monoisotopic (exact) mass is 175 g/mol. The molecule has 1 unspecified atom stereocenters. The molecule has 0 spiro atoms. The number of nitrogens with two attached hydrogens (primary N) is 1. The fourth-order valence-electron chi connectivity index (χ4n) is 0.368. The highest BCUT2D eigenvalue weighted by atomic mass is 32.2. The maximum Gasteiger partial charge on any atom is 0.320 e. The van der Waals surface area contributed by atoms with Crippen LogP contribution in [-0.4, -0.2) is 52.2 Å². The van der Waals surface area contributed by atoms with Gasteiger partial charge in [-0.1, -0.05) is 0 Å². The first-order chi connectivity index (χ1) is 4.18. The number of aliphatic carboxylic acids is 1. The molecule has 1 atom stereocenters. The van der Waals surface area contributed by atoms with E-state index in [1.807, 2.05) is 6.26 Å². The molecule has 5 heteroatoms. The van der Waals surface area contributed by atoms with Gasteiger partial charge in [-0.2, -0.15) is 11.8 Å². The molecular formula is C5H13MgNO2S. The van der Waals surface area contributed by atoms with Crippen LogP contribution >= 0.6 is 11.8 Å². The summed E-state index contributed by atoms with van der Waals surface area (Å²) in [5.41, 5.74) is 5.19. The summed E-state index contributed by atoms with van der Waals surface area (Å²) in [6.07, 6.45) is 2.48. The van der Waals surface area contributed by atoms with Gasteiger partial charge < -0.3 is 10.8 Å². The van der Waals surface area contributed by atoms with Gasteiger partial charge in [-0.05, 0) is 18.4 Å². The molecule has 0 aromatic carbocycles. The molecule has 0 aromatic rings. The van der Waals surface area contributed by atoms with E-state index >= 15 is 0 Å². The van der Waals surface area contributed by atoms with Crippen LogP contribution in [-0.2, 0) is 4.79 Å². The second-order valence-corrected chi connectivity index (χ2v) is 2.71. The molecule has 0 aliphatic heterocycles. The number of carboxylic acid groups (broad SMARTS) is 1. The van der Waals surface area contributed by atoms with E-state index in [1.54, 1.807) is 11.8 Å². The summed E-state index contributed by atoms with van der Waals surface area (Å²) in [6, 6.07) is -0.683. The Hall–Kier alpha value is 0.546. The summed E-state index contributed by atoms with van der Waals surface area (Å²) in [6.45, 7) is 0. The van der Waals surface area contributed by atoms with Crippen LogP contribution in [0, 0.1) is 0 Å². The van der Waals surface area contributed by atoms with Crippen LogP contribution in [0.25, 0.3) is 0 Å². The minimum Gasteiger partial charge on any atom is -0.480 e. The minimum atomic E-state index is -0.913. The van der Waals surface area contributed by atoms with Gasteiger partial charge in [0.25, 0.3) is 0 Å². The first-order valence-corrected chi connectivity index (χ1v) is 4.05. The summed E-state index contributed by atoms with van der Waals surface area (Å²) in [5.74, 6) is -0.1000. The summed E-state index contributed by atoms with van der Waals surface area (Å²) in [4.78, 5) is 10.1. The van der Waals surface area contributed by atoms with Crippen molar-refractivity contribution in [1.29, 1.82) is 0 Å². The van der Waals surface area contributed by atoms with E-state index in [0.29, 0.717) is 6.42 Å². The lowest BCUT2D eigenvalue weighted by Crippen LogP contribution is -2.30. The number of hydrogen-bond acceptors (Lipinski definition) is 3. The Morgan fingerprint density at radius 3 is 2.60 bits per heavy atom. The number of hydrogen-bond donors (Lipinski definition) is 2. The van der Waals surface area contributed by atoms with Crippen molar-refractivity contribution in [1.82, 2.24) is 0 Å². The van der Waals surface area contributed by atoms with Crippen LogP contribution in [0.15, 0.2) is 0 Å². The number of thioether (sulfide) groups is 1. The molecule has 0 radical (unpaired) electrons. The molecule has 0 amide bonds. The van der Waals surface area contributed by atoms with E-state index < -0.39 is 12.0 Å². The molecule has 3 nitrogen and oxygen atoms in total. The van der Waals surface area contributed by atoms with Crippen LogP contribution < -0.4 is 5.73 Å². The first kappa shape index (κ1) is 13.2. The van der Waals surface area contributed by atoms with Gasteiger partial charge in [0.05, 0.1) is 0 Å². The predicted octanol–water partition coefficient (Wildman–Crippen LogP) is -0.765. The molecule has 0 saturated heterocycles. The second kappa shape index (κ2) is 7.65. The molecule has 0 heterocycles. The summed E-state index contributed by atoms with van der Waals surface area (Å²) in [7, 11) is 0. The minimum absolute atomic E-state index is 0. The maximum atomic E-state index is 10.1. The van der Waals surface area contributed by atoms with E-state index in [2.05, 4.69) is 0 Å². The van der Waals surface area contributed by atoms with Gasteiger partial charge in [-0.15, -0.1) is 0 Å². The van der Waals surface area contributed by atoms with Gasteiger partial charge in [0.15, 0.2) is 0 Å². The largest absolute Gasteiger partial charge is 0.480 e. The molecule has 58 valence electrons. The van der Waals surface area contributed by atoms with Crippen molar-refractivity contribution in [3.05, 3.63) is 0 Å². The highest BCUT2D eigenvalue weighted by molar-refractivity contribution is 7.98. The average Bonchev–Trinajstić information content (AvgIpc) is 1.82. The van der Waals surface area contributed by atoms with Gasteiger partial charge in [0, 0.05) is 0 Å². The van der Waals surface area contributed by atoms with Crippen molar-refractivity contribution in [2.75, 3.05) is 12.0 Å². The smallest absolute Gasteiger partial charge is 0.320 e. The van der Waals surface area contributed by atoms with Crippen molar-refractivity contribution in [3.63, 3.8) is 0 Å². The molecule has 0 aliphatic carbocycles. The Labute approximate surface area is 80.9 Å². The Morgan fingerprint density at radius 2 is 2.30 bits per heavy atom. The summed E-state index contributed by atoms with van der Waals surface area (Å²) >= 11 is 1.60. The Morgan fingerprint density at radius 1 is 1.80 bits per heavy atom. The van der Waals surface area contributed by atoms with Crippen molar-refractivity contribution in [3.8, 4) is 0 Å². The van der Waals surface area contributed by atoms with Crippen LogP contribution in [0.2, 0.25) is 0 Å². The van der Waals surface area contributed by atoms with Crippen molar-refractivity contribution >= 4 is 40.8 Å². The quantitative estimate of drug-likeness (QED) is 0.551. The fraction of sp³-hybridized carbons (Fsp3) is 0.800. The maximum absolute atomic E-state index is 10.1. The highest BCUT2D eigenvalue weighted by Gasteiger charge is 2.08. The first-order valence-electron chi connectivity index (χ1n) is 2.65. The molecular weight excluding hydrogens is 162 g/mol. The molecule has 0 rings (SSSR count). The topological polar surface area (TPSA) is 63.3 Å². The zero-order valence-electron chi connectivity index (χ0n) is 5.33. The van der Waals surface area contributed by atoms with Gasteiger partial charge in [-0.25, -0.2) is 0 Å². The van der Waals surface area contributed by atoms with Crippen LogP contribution in [0.1, 0.15) is 6.42 Å². The zero-order chi connectivity index (χ0) is 7.28. The van der Waals surface area contributed by atoms with Crippen LogP contribution in [0.3, 0.4) is 0 Å². The SMILES string of the molecule is CSCCC(N)C(=O)O.[MgH2]. The molecule has 0 aromatic heterocycles. The third-order valence-corrected chi connectivity index (χ3v) is 1.59. The summed E-state index contributed by atoms with van der Waals surface area (Å²) in [5, 5.41) is 8.27. The molecule has 0 aliphatic rings. The summed E-state index contributed by atoms with van der Waals surface area (Å²) < 4.78 is 0. The zero-order valence-corrected chi connectivity index (χ0v) is 6.15. The Balaban J connectivity index is 0. The predicted molar refractivity (Wildman–Crippen MR) is 47.2 cm³/mol. The lowest BCUT2D eigenvalue weighted by Gasteiger charge is -2.02. The van der Waals surface area contributed by atoms with Crippen LogP contribution in [0.5, 0.6) is 0 Å². The lowest BCUT2D eigenvalue weighted by molar-refractivity contribution is -0.138. The number of rotatable bonds is 4. The normalized spacial score (nSPS) is 11.8. The van der Waals surface area contributed by atoms with Gasteiger partial charge >= 0.3 is 29.0 Å². The van der Waals surface area contributed by atoms with Crippen LogP contribution in [0.4, 0.5) is 0 Å². The standard InChI is InChI=1S/C5H11NO2S.Mg.2H/c1-9-3-2-4(6)5(7)8;;;/h4H,2-3,6H2,1H3,(H,7,8);;;. The number of carboxylic acids is 1. The van der Waals surface area contributed by atoms with E-state index in [-0.39, 0.29) is 23.1 Å². The van der Waals surface area contributed by atoms with E-state index in [1.165, 1.54) is 0 Å². The molecule has 10 heavy (non-hydrogen) atoms. The fourth-order valence-corrected chi connectivity index (χ4v) is 0.858. The number of carbonyl (C=O) groups is 1.